The first kappa shape index (κ1) is 13.5. The standard InChI is InChI=1S/C17H18ClNO/c18-14-6-3-5-13(11-14)12-19-10-4-9-17(20)15-7-1-2-8-16(15)19/h1-3,5-8,11,17,20H,4,9-10,12H2. The fourth-order valence-electron chi connectivity index (χ4n) is 2.83. The van der Waals surface area contributed by atoms with E-state index in [1.54, 1.807) is 0 Å². The van der Waals surface area contributed by atoms with Crippen LogP contribution >= 0.6 is 11.6 Å². The van der Waals surface area contributed by atoms with Crippen LogP contribution in [0.4, 0.5) is 5.69 Å². The van der Waals surface area contributed by atoms with Crippen molar-refractivity contribution < 1.29 is 5.11 Å². The first-order valence-electron chi connectivity index (χ1n) is 7.00. The highest BCUT2D eigenvalue weighted by molar-refractivity contribution is 6.30. The molecule has 20 heavy (non-hydrogen) atoms. The van der Waals surface area contributed by atoms with Crippen molar-refractivity contribution in [1.82, 2.24) is 0 Å². The number of rotatable bonds is 2. The highest BCUT2D eigenvalue weighted by Crippen LogP contribution is 2.33. The molecule has 1 N–H and O–H groups in total. The zero-order valence-electron chi connectivity index (χ0n) is 11.3. The Morgan fingerprint density at radius 3 is 2.85 bits per heavy atom. The molecule has 0 fully saturated rings. The second kappa shape index (κ2) is 5.86. The molecule has 2 aromatic rings. The lowest BCUT2D eigenvalue weighted by atomic mass is 10.0. The second-order valence-electron chi connectivity index (χ2n) is 5.27. The molecular formula is C17H18ClNO. The number of aliphatic hydroxyl groups is 1. The number of hydrogen-bond donors (Lipinski definition) is 1. The second-order valence-corrected chi connectivity index (χ2v) is 5.70. The highest BCUT2D eigenvalue weighted by Gasteiger charge is 2.20. The van der Waals surface area contributed by atoms with Crippen LogP contribution in [0.3, 0.4) is 0 Å². The van der Waals surface area contributed by atoms with Crippen LogP contribution in [0.15, 0.2) is 48.5 Å². The molecule has 0 spiro atoms. The van der Waals surface area contributed by atoms with E-state index < -0.39 is 0 Å². The smallest absolute Gasteiger partial charge is 0.0810 e. The summed E-state index contributed by atoms with van der Waals surface area (Å²) in [7, 11) is 0. The number of fused-ring (bicyclic) bond motifs is 1. The summed E-state index contributed by atoms with van der Waals surface area (Å²) in [5.74, 6) is 0. The van der Waals surface area contributed by atoms with Gasteiger partial charge in [-0.2, -0.15) is 0 Å². The van der Waals surface area contributed by atoms with Crippen LogP contribution in [-0.2, 0) is 6.54 Å². The van der Waals surface area contributed by atoms with Crippen molar-refractivity contribution in [3.05, 3.63) is 64.7 Å². The van der Waals surface area contributed by atoms with Crippen molar-refractivity contribution in [3.8, 4) is 0 Å². The van der Waals surface area contributed by atoms with Gasteiger partial charge in [0.1, 0.15) is 0 Å². The monoisotopic (exact) mass is 287 g/mol. The molecule has 0 saturated heterocycles. The lowest BCUT2D eigenvalue weighted by molar-refractivity contribution is 0.168. The van der Waals surface area contributed by atoms with Crippen LogP contribution in [0.2, 0.25) is 5.02 Å². The van der Waals surface area contributed by atoms with Gasteiger partial charge in [-0.05, 0) is 36.6 Å². The third-order valence-corrected chi connectivity index (χ3v) is 4.04. The van der Waals surface area contributed by atoms with Crippen molar-refractivity contribution in [2.75, 3.05) is 11.4 Å². The molecule has 1 atom stereocenters. The number of aliphatic hydroxyl groups excluding tert-OH is 1. The van der Waals surface area contributed by atoms with Gasteiger partial charge in [-0.3, -0.25) is 0 Å². The van der Waals surface area contributed by atoms with Crippen molar-refractivity contribution in [2.24, 2.45) is 0 Å². The Hall–Kier alpha value is -1.51. The Kier molecular flexibility index (Phi) is 3.95. The van der Waals surface area contributed by atoms with Crippen LogP contribution in [0, 0.1) is 0 Å². The largest absolute Gasteiger partial charge is 0.388 e. The zero-order valence-corrected chi connectivity index (χ0v) is 12.1. The summed E-state index contributed by atoms with van der Waals surface area (Å²) in [6.07, 6.45) is 1.47. The van der Waals surface area contributed by atoms with Crippen LogP contribution in [0.25, 0.3) is 0 Å². The minimum atomic E-state index is -0.351. The van der Waals surface area contributed by atoms with Crippen LogP contribution < -0.4 is 4.90 Å². The minimum absolute atomic E-state index is 0.351. The number of halogens is 1. The van der Waals surface area contributed by atoms with E-state index in [-0.39, 0.29) is 6.10 Å². The van der Waals surface area contributed by atoms with Gasteiger partial charge in [0, 0.05) is 29.4 Å². The molecule has 0 radical (unpaired) electrons. The molecule has 1 aliphatic heterocycles. The molecule has 0 bridgehead atoms. The fraction of sp³-hybridized carbons (Fsp3) is 0.294. The summed E-state index contributed by atoms with van der Waals surface area (Å²) in [5.41, 5.74) is 3.37. The van der Waals surface area contributed by atoms with Crippen LogP contribution in [0.5, 0.6) is 0 Å². The summed E-state index contributed by atoms with van der Waals surface area (Å²) < 4.78 is 0. The quantitative estimate of drug-likeness (QED) is 0.896. The van der Waals surface area contributed by atoms with E-state index >= 15 is 0 Å². The van der Waals surface area contributed by atoms with E-state index in [4.69, 9.17) is 11.6 Å². The molecule has 0 aromatic heterocycles. The van der Waals surface area contributed by atoms with Crippen LogP contribution in [-0.4, -0.2) is 11.7 Å². The predicted molar refractivity (Wildman–Crippen MR) is 83.1 cm³/mol. The summed E-state index contributed by atoms with van der Waals surface area (Å²) in [6, 6.07) is 16.1. The number of nitrogens with zero attached hydrogens (tertiary/aromatic N) is 1. The molecular weight excluding hydrogens is 270 g/mol. The van der Waals surface area contributed by atoms with E-state index in [1.807, 2.05) is 36.4 Å². The van der Waals surface area contributed by atoms with Crippen molar-refractivity contribution in [3.63, 3.8) is 0 Å². The molecule has 0 amide bonds. The number of hydrogen-bond acceptors (Lipinski definition) is 2. The van der Waals surface area contributed by atoms with Crippen molar-refractivity contribution >= 4 is 17.3 Å². The normalized spacial score (nSPS) is 18.5. The third-order valence-electron chi connectivity index (χ3n) is 3.80. The van der Waals surface area contributed by atoms with Gasteiger partial charge in [-0.1, -0.05) is 41.9 Å². The summed E-state index contributed by atoms with van der Waals surface area (Å²) in [5, 5.41) is 11.0. The molecule has 1 aliphatic rings. The van der Waals surface area contributed by atoms with E-state index in [2.05, 4.69) is 17.0 Å². The molecule has 0 aliphatic carbocycles. The topological polar surface area (TPSA) is 23.5 Å². The lowest BCUT2D eigenvalue weighted by Crippen LogP contribution is -2.23. The summed E-state index contributed by atoms with van der Waals surface area (Å²) >= 11 is 6.06. The van der Waals surface area contributed by atoms with Gasteiger partial charge in [0.25, 0.3) is 0 Å². The van der Waals surface area contributed by atoms with Gasteiger partial charge in [-0.25, -0.2) is 0 Å². The first-order valence-corrected chi connectivity index (χ1v) is 7.38. The molecule has 3 heteroatoms. The van der Waals surface area contributed by atoms with Gasteiger partial charge in [0.05, 0.1) is 6.10 Å². The third kappa shape index (κ3) is 2.82. The maximum absolute atomic E-state index is 10.2. The maximum Gasteiger partial charge on any atom is 0.0810 e. The lowest BCUT2D eigenvalue weighted by Gasteiger charge is -2.25. The Balaban J connectivity index is 1.91. The van der Waals surface area contributed by atoms with Crippen LogP contribution in [0.1, 0.15) is 30.1 Å². The average Bonchev–Trinajstić information content (AvgIpc) is 2.60. The Bertz CT molecular complexity index is 599. The molecule has 0 saturated carbocycles. The molecule has 3 rings (SSSR count). The van der Waals surface area contributed by atoms with Gasteiger partial charge >= 0.3 is 0 Å². The molecule has 2 nitrogen and oxygen atoms in total. The summed E-state index contributed by atoms with van der Waals surface area (Å²) in [6.45, 7) is 1.78. The van der Waals surface area contributed by atoms with Gasteiger partial charge in [0.2, 0.25) is 0 Å². The fourth-order valence-corrected chi connectivity index (χ4v) is 3.04. The van der Waals surface area contributed by atoms with Gasteiger partial charge in [-0.15, -0.1) is 0 Å². The molecule has 104 valence electrons. The average molecular weight is 288 g/mol. The molecule has 2 aromatic carbocycles. The SMILES string of the molecule is OC1CCCN(Cc2cccc(Cl)c2)c2ccccc21. The van der Waals surface area contributed by atoms with Gasteiger partial charge in [0.15, 0.2) is 0 Å². The van der Waals surface area contributed by atoms with Gasteiger partial charge < -0.3 is 10.0 Å². The van der Waals surface area contributed by atoms with E-state index in [1.165, 1.54) is 5.56 Å². The Labute approximate surface area is 124 Å². The van der Waals surface area contributed by atoms with E-state index in [0.717, 1.165) is 42.2 Å². The Morgan fingerprint density at radius 1 is 1.15 bits per heavy atom. The molecule has 1 heterocycles. The van der Waals surface area contributed by atoms with E-state index in [9.17, 15) is 5.11 Å². The predicted octanol–water partition coefficient (Wildman–Crippen LogP) is 4.17. The number of benzene rings is 2. The van der Waals surface area contributed by atoms with E-state index in [0.29, 0.717) is 0 Å². The summed E-state index contributed by atoms with van der Waals surface area (Å²) in [4.78, 5) is 2.33. The van der Waals surface area contributed by atoms with Crippen molar-refractivity contribution in [1.29, 1.82) is 0 Å². The van der Waals surface area contributed by atoms with Crippen molar-refractivity contribution in [2.45, 2.75) is 25.5 Å². The first-order chi connectivity index (χ1) is 9.74. The number of para-hydroxylation sites is 1. The maximum atomic E-state index is 10.2. The highest BCUT2D eigenvalue weighted by atomic mass is 35.5. The zero-order chi connectivity index (χ0) is 13.9. The molecule has 1 unspecified atom stereocenters. The Morgan fingerprint density at radius 2 is 2.00 bits per heavy atom. The minimum Gasteiger partial charge on any atom is -0.388 e. The number of anilines is 1.